The lowest BCUT2D eigenvalue weighted by molar-refractivity contribution is -0.149. The van der Waals surface area contributed by atoms with Gasteiger partial charge in [-0.15, -0.1) is 0 Å². The molecule has 0 spiro atoms. The van der Waals surface area contributed by atoms with Gasteiger partial charge in [-0.1, -0.05) is 12.1 Å². The Bertz CT molecular complexity index is 850. The third-order valence-corrected chi connectivity index (χ3v) is 3.11. The van der Waals surface area contributed by atoms with Gasteiger partial charge in [-0.05, 0) is 30.4 Å². The molecule has 24 heavy (non-hydrogen) atoms. The SMILES string of the molecule is O=C(/C=C/c1cc(C(=O)c2ccccc2F)c[nH]1)CC(=O)C(=O)O. The molecule has 0 unspecified atom stereocenters. The maximum absolute atomic E-state index is 13.6. The number of Topliss-reactive ketones (excluding diaryl/α,β-unsaturated/α-hetero) is 1. The first kappa shape index (κ1) is 17.0. The Morgan fingerprint density at radius 3 is 2.54 bits per heavy atom. The summed E-state index contributed by atoms with van der Waals surface area (Å²) in [6.07, 6.45) is 2.95. The molecule has 2 N–H and O–H groups in total. The molecule has 0 amide bonds. The van der Waals surface area contributed by atoms with Crippen LogP contribution in [-0.2, 0) is 14.4 Å². The standard InChI is InChI=1S/C17H12FNO5/c18-14-4-2-1-3-13(14)16(22)10-7-11(19-9-10)5-6-12(20)8-15(21)17(23)24/h1-7,9,19H,8H2,(H,23,24)/b6-5+. The van der Waals surface area contributed by atoms with Crippen molar-refractivity contribution in [2.24, 2.45) is 0 Å². The van der Waals surface area contributed by atoms with Crippen LogP contribution in [0.5, 0.6) is 0 Å². The largest absolute Gasteiger partial charge is 0.475 e. The average Bonchev–Trinajstić information content (AvgIpc) is 3.01. The molecule has 2 rings (SSSR count). The van der Waals surface area contributed by atoms with Crippen molar-refractivity contribution in [1.82, 2.24) is 4.98 Å². The van der Waals surface area contributed by atoms with Crippen LogP contribution in [-0.4, -0.2) is 33.4 Å². The molecule has 0 bridgehead atoms. The number of hydrogen-bond acceptors (Lipinski definition) is 4. The summed E-state index contributed by atoms with van der Waals surface area (Å²) in [5, 5.41) is 8.41. The first-order valence-corrected chi connectivity index (χ1v) is 6.83. The predicted octanol–water partition coefficient (Wildman–Crippen LogP) is 2.01. The van der Waals surface area contributed by atoms with Crippen molar-refractivity contribution in [3.63, 3.8) is 0 Å². The van der Waals surface area contributed by atoms with E-state index in [1.54, 1.807) is 6.07 Å². The Hall–Kier alpha value is -3.35. The number of aromatic amines is 1. The maximum Gasteiger partial charge on any atom is 0.372 e. The van der Waals surface area contributed by atoms with Crippen molar-refractivity contribution in [2.45, 2.75) is 6.42 Å². The van der Waals surface area contributed by atoms with Gasteiger partial charge in [0.05, 0.1) is 12.0 Å². The molecule has 0 fully saturated rings. The number of allylic oxidation sites excluding steroid dienone is 1. The normalized spacial score (nSPS) is 10.7. The fourth-order valence-corrected chi connectivity index (χ4v) is 1.92. The number of ketones is 3. The quantitative estimate of drug-likeness (QED) is 0.350. The van der Waals surface area contributed by atoms with Crippen molar-refractivity contribution in [1.29, 1.82) is 0 Å². The third-order valence-electron chi connectivity index (χ3n) is 3.11. The highest BCUT2D eigenvalue weighted by Crippen LogP contribution is 2.15. The van der Waals surface area contributed by atoms with E-state index in [0.717, 1.165) is 6.08 Å². The number of aromatic nitrogens is 1. The van der Waals surface area contributed by atoms with Gasteiger partial charge in [-0.2, -0.15) is 0 Å². The Balaban J connectivity index is 2.08. The molecular formula is C17H12FNO5. The van der Waals surface area contributed by atoms with E-state index in [0.29, 0.717) is 5.69 Å². The summed E-state index contributed by atoms with van der Waals surface area (Å²) in [7, 11) is 0. The Labute approximate surface area is 135 Å². The number of carbonyl (C=O) groups is 4. The van der Waals surface area contributed by atoms with E-state index in [9.17, 15) is 23.6 Å². The fraction of sp³-hybridized carbons (Fsp3) is 0.0588. The lowest BCUT2D eigenvalue weighted by Gasteiger charge is -1.99. The minimum Gasteiger partial charge on any atom is -0.475 e. The van der Waals surface area contributed by atoms with E-state index < -0.39 is 35.6 Å². The molecule has 0 radical (unpaired) electrons. The van der Waals surface area contributed by atoms with Crippen LogP contribution >= 0.6 is 0 Å². The summed E-state index contributed by atoms with van der Waals surface area (Å²) in [6.45, 7) is 0. The monoisotopic (exact) mass is 329 g/mol. The molecule has 0 atom stereocenters. The molecule has 122 valence electrons. The molecule has 0 saturated carbocycles. The summed E-state index contributed by atoms with van der Waals surface area (Å²) < 4.78 is 13.6. The number of carboxylic acid groups (broad SMARTS) is 1. The highest BCUT2D eigenvalue weighted by molar-refractivity contribution is 6.37. The summed E-state index contributed by atoms with van der Waals surface area (Å²) in [4.78, 5) is 47.6. The minimum atomic E-state index is -1.67. The number of halogens is 1. The molecule has 1 heterocycles. The average molecular weight is 329 g/mol. The van der Waals surface area contributed by atoms with Gasteiger partial charge < -0.3 is 10.1 Å². The van der Waals surface area contributed by atoms with Crippen LogP contribution in [0.1, 0.15) is 28.0 Å². The molecule has 0 saturated heterocycles. The second-order valence-corrected chi connectivity index (χ2v) is 4.86. The van der Waals surface area contributed by atoms with Gasteiger partial charge in [0.2, 0.25) is 5.78 Å². The zero-order valence-corrected chi connectivity index (χ0v) is 12.3. The summed E-state index contributed by atoms with van der Waals surface area (Å²) in [6, 6.07) is 6.97. The van der Waals surface area contributed by atoms with Crippen LogP contribution < -0.4 is 0 Å². The van der Waals surface area contributed by atoms with Crippen molar-refractivity contribution >= 4 is 29.4 Å². The number of hydrogen-bond donors (Lipinski definition) is 2. The topological polar surface area (TPSA) is 104 Å². The number of aliphatic carboxylic acids is 1. The zero-order chi connectivity index (χ0) is 17.7. The molecule has 0 aliphatic carbocycles. The van der Waals surface area contributed by atoms with Gasteiger partial charge in [-0.3, -0.25) is 14.4 Å². The van der Waals surface area contributed by atoms with Crippen molar-refractivity contribution in [3.8, 4) is 0 Å². The highest BCUT2D eigenvalue weighted by Gasteiger charge is 2.16. The lowest BCUT2D eigenvalue weighted by atomic mass is 10.1. The molecule has 0 aliphatic heterocycles. The summed E-state index contributed by atoms with van der Waals surface area (Å²) >= 11 is 0. The molecule has 7 heteroatoms. The smallest absolute Gasteiger partial charge is 0.372 e. The van der Waals surface area contributed by atoms with E-state index in [2.05, 4.69) is 4.98 Å². The Morgan fingerprint density at radius 2 is 1.88 bits per heavy atom. The third kappa shape index (κ3) is 4.10. The second-order valence-electron chi connectivity index (χ2n) is 4.86. The summed E-state index contributed by atoms with van der Waals surface area (Å²) in [5.74, 6) is -4.71. The first-order valence-electron chi connectivity index (χ1n) is 6.83. The van der Waals surface area contributed by atoms with E-state index >= 15 is 0 Å². The van der Waals surface area contributed by atoms with E-state index in [-0.39, 0.29) is 11.1 Å². The van der Waals surface area contributed by atoms with E-state index in [4.69, 9.17) is 5.11 Å². The molecule has 1 aromatic heterocycles. The number of H-pyrrole nitrogens is 1. The number of carboxylic acids is 1. The van der Waals surface area contributed by atoms with Crippen LogP contribution in [0.4, 0.5) is 4.39 Å². The lowest BCUT2D eigenvalue weighted by Crippen LogP contribution is -2.15. The number of benzene rings is 1. The van der Waals surface area contributed by atoms with Gasteiger partial charge in [0.15, 0.2) is 11.6 Å². The van der Waals surface area contributed by atoms with Crippen molar-refractivity contribution in [3.05, 3.63) is 65.2 Å². The summed E-state index contributed by atoms with van der Waals surface area (Å²) in [5.41, 5.74) is 0.509. The van der Waals surface area contributed by atoms with Gasteiger partial charge >= 0.3 is 5.97 Å². The fourth-order valence-electron chi connectivity index (χ4n) is 1.92. The predicted molar refractivity (Wildman–Crippen MR) is 81.9 cm³/mol. The number of nitrogens with one attached hydrogen (secondary N) is 1. The zero-order valence-electron chi connectivity index (χ0n) is 12.3. The number of carbonyl (C=O) groups excluding carboxylic acids is 3. The van der Waals surface area contributed by atoms with Crippen LogP contribution in [0.25, 0.3) is 6.08 Å². The molecule has 1 aromatic carbocycles. The highest BCUT2D eigenvalue weighted by atomic mass is 19.1. The van der Waals surface area contributed by atoms with Gasteiger partial charge in [-0.25, -0.2) is 9.18 Å². The molecule has 0 aliphatic rings. The van der Waals surface area contributed by atoms with Gasteiger partial charge in [0, 0.05) is 17.5 Å². The van der Waals surface area contributed by atoms with Crippen molar-refractivity contribution < 1.29 is 28.7 Å². The van der Waals surface area contributed by atoms with Crippen LogP contribution in [0.2, 0.25) is 0 Å². The van der Waals surface area contributed by atoms with E-state index in [1.165, 1.54) is 36.5 Å². The van der Waals surface area contributed by atoms with Gasteiger partial charge in [0.25, 0.3) is 0 Å². The molecular weight excluding hydrogens is 317 g/mol. The minimum absolute atomic E-state index is 0.0739. The first-order chi connectivity index (χ1) is 11.4. The number of rotatable bonds is 7. The second kappa shape index (κ2) is 7.28. The molecule has 6 nitrogen and oxygen atoms in total. The Kier molecular flexibility index (Phi) is 5.16. The van der Waals surface area contributed by atoms with E-state index in [1.807, 2.05) is 0 Å². The Morgan fingerprint density at radius 1 is 1.17 bits per heavy atom. The van der Waals surface area contributed by atoms with Crippen LogP contribution in [0.15, 0.2) is 42.6 Å². The maximum atomic E-state index is 13.6. The molecule has 2 aromatic rings. The van der Waals surface area contributed by atoms with Gasteiger partial charge in [0.1, 0.15) is 5.82 Å². The van der Waals surface area contributed by atoms with Crippen molar-refractivity contribution in [2.75, 3.05) is 0 Å². The van der Waals surface area contributed by atoms with Crippen LogP contribution in [0, 0.1) is 5.82 Å². The van der Waals surface area contributed by atoms with Crippen LogP contribution in [0.3, 0.4) is 0 Å².